The molecule has 1 aliphatic rings. The molecule has 0 bridgehead atoms. The van der Waals surface area contributed by atoms with Crippen molar-refractivity contribution >= 4 is 40.6 Å². The molecule has 6 rings (SSSR count). The number of amides is 2. The summed E-state index contributed by atoms with van der Waals surface area (Å²) in [6, 6.07) is 24.1. The van der Waals surface area contributed by atoms with Gasteiger partial charge in [0.2, 0.25) is 0 Å². The number of hydrazone groups is 1. The third-order valence-electron chi connectivity index (χ3n) is 7.35. The van der Waals surface area contributed by atoms with E-state index in [1.165, 1.54) is 40.2 Å². The summed E-state index contributed by atoms with van der Waals surface area (Å²) in [7, 11) is 3.17. The molecule has 3 aromatic carbocycles. The summed E-state index contributed by atoms with van der Waals surface area (Å²) in [5, 5.41) is 20.1. The number of ether oxygens (including phenoxy) is 2. The predicted octanol–water partition coefficient (Wildman–Crippen LogP) is 5.89. The van der Waals surface area contributed by atoms with Gasteiger partial charge in [0, 0.05) is 6.42 Å². The quantitative estimate of drug-likeness (QED) is 0.177. The Morgan fingerprint density at radius 1 is 0.978 bits per heavy atom. The van der Waals surface area contributed by atoms with Gasteiger partial charge in [-0.3, -0.25) is 14.2 Å². The number of aromatic nitrogens is 3. The van der Waals surface area contributed by atoms with Crippen LogP contribution in [0.3, 0.4) is 0 Å². The van der Waals surface area contributed by atoms with E-state index in [4.69, 9.17) is 14.6 Å². The Labute approximate surface area is 272 Å². The van der Waals surface area contributed by atoms with Crippen LogP contribution in [-0.4, -0.2) is 57.3 Å². The van der Waals surface area contributed by atoms with Crippen LogP contribution in [0.1, 0.15) is 39.1 Å². The highest BCUT2D eigenvalue weighted by molar-refractivity contribution is 7.99. The van der Waals surface area contributed by atoms with Crippen LogP contribution in [0.5, 0.6) is 11.5 Å². The Morgan fingerprint density at radius 2 is 1.76 bits per heavy atom. The molecule has 0 saturated carbocycles. The number of nitrogens with one attached hydrogen (secondary N) is 1. The zero-order chi connectivity index (χ0) is 32.0. The molecule has 10 nitrogen and oxygen atoms in total. The molecule has 1 N–H and O–H groups in total. The predicted molar refractivity (Wildman–Crippen MR) is 174 cm³/mol. The van der Waals surface area contributed by atoms with Gasteiger partial charge in [-0.25, -0.2) is 9.40 Å². The molecule has 1 unspecified atom stereocenters. The largest absolute Gasteiger partial charge is 0.497 e. The maximum atomic E-state index is 13.8. The van der Waals surface area contributed by atoms with Crippen molar-refractivity contribution in [3.63, 3.8) is 0 Å². The molecule has 2 amide bonds. The van der Waals surface area contributed by atoms with E-state index >= 15 is 0 Å². The van der Waals surface area contributed by atoms with Gasteiger partial charge in [0.05, 0.1) is 48.8 Å². The summed E-state index contributed by atoms with van der Waals surface area (Å²) in [6.07, 6.45) is 0.458. The summed E-state index contributed by atoms with van der Waals surface area (Å²) in [5.41, 5.74) is 3.03. The number of benzene rings is 3. The SMILES string of the molecule is COc1ccc(C2=NN(C(=O)CSc3nnc(CNC(=O)c4cccs4)n3-c3ccccc3OC)C(c3ccc(F)cc3)C2)cc1. The Bertz CT molecular complexity index is 1860. The number of rotatable bonds is 11. The van der Waals surface area contributed by atoms with Crippen LogP contribution in [0.2, 0.25) is 0 Å². The molecule has 0 saturated heterocycles. The van der Waals surface area contributed by atoms with Crippen molar-refractivity contribution in [3.8, 4) is 17.2 Å². The highest BCUT2D eigenvalue weighted by Crippen LogP contribution is 2.35. The van der Waals surface area contributed by atoms with Crippen LogP contribution in [0.4, 0.5) is 4.39 Å². The van der Waals surface area contributed by atoms with Crippen molar-refractivity contribution in [3.05, 3.63) is 118 Å². The molecule has 46 heavy (non-hydrogen) atoms. The molecule has 3 heterocycles. The number of carbonyl (C=O) groups excluding carboxylic acids is 2. The number of thiophene rings is 1. The molecule has 1 atom stereocenters. The number of halogens is 1. The second kappa shape index (κ2) is 14.0. The Hall–Kier alpha value is -5.01. The van der Waals surface area contributed by atoms with Crippen molar-refractivity contribution in [2.45, 2.75) is 24.2 Å². The van der Waals surface area contributed by atoms with Gasteiger partial charge in [0.1, 0.15) is 17.3 Å². The monoisotopic (exact) mass is 656 g/mol. The lowest BCUT2D eigenvalue weighted by Crippen LogP contribution is -2.28. The molecule has 0 radical (unpaired) electrons. The zero-order valence-corrected chi connectivity index (χ0v) is 26.6. The molecule has 13 heteroatoms. The fourth-order valence-corrected chi connectivity index (χ4v) is 6.51. The van der Waals surface area contributed by atoms with E-state index in [1.54, 1.807) is 37.0 Å². The van der Waals surface area contributed by atoms with Gasteiger partial charge in [-0.2, -0.15) is 5.10 Å². The summed E-state index contributed by atoms with van der Waals surface area (Å²) in [5.74, 6) is 0.910. The maximum absolute atomic E-state index is 13.8. The van der Waals surface area contributed by atoms with Crippen LogP contribution >= 0.6 is 23.1 Å². The van der Waals surface area contributed by atoms with Crippen LogP contribution in [0.25, 0.3) is 5.69 Å². The molecule has 0 fully saturated rings. The second-order valence-electron chi connectivity index (χ2n) is 10.1. The highest BCUT2D eigenvalue weighted by atomic mass is 32.2. The number of nitrogens with zero attached hydrogens (tertiary/aromatic N) is 5. The molecule has 234 valence electrons. The number of carbonyl (C=O) groups is 2. The lowest BCUT2D eigenvalue weighted by Gasteiger charge is -2.22. The van der Waals surface area contributed by atoms with Crippen molar-refractivity contribution < 1.29 is 23.5 Å². The minimum Gasteiger partial charge on any atom is -0.497 e. The van der Waals surface area contributed by atoms with Crippen molar-refractivity contribution in [1.82, 2.24) is 25.1 Å². The summed E-state index contributed by atoms with van der Waals surface area (Å²) < 4.78 is 26.5. The number of hydrogen-bond donors (Lipinski definition) is 1. The smallest absolute Gasteiger partial charge is 0.261 e. The van der Waals surface area contributed by atoms with Gasteiger partial charge >= 0.3 is 0 Å². The highest BCUT2D eigenvalue weighted by Gasteiger charge is 2.33. The summed E-state index contributed by atoms with van der Waals surface area (Å²) in [6.45, 7) is 0.102. The first kappa shape index (κ1) is 31.0. The molecule has 0 aliphatic carbocycles. The van der Waals surface area contributed by atoms with Crippen molar-refractivity contribution in [2.24, 2.45) is 5.10 Å². The normalized spacial score (nSPS) is 14.2. The van der Waals surface area contributed by atoms with E-state index in [2.05, 4.69) is 15.5 Å². The standard InChI is InChI=1S/C33H29FN6O4S2/c1-43-24-15-11-21(12-16-24)25-18-27(22-9-13-23(34)14-10-22)40(38-25)31(41)20-46-33-37-36-30(19-35-32(42)29-8-5-17-45-29)39(33)26-6-3-4-7-28(26)44-2/h3-17,27H,18-20H2,1-2H3,(H,35,42). The Morgan fingerprint density at radius 3 is 2.48 bits per heavy atom. The number of methoxy groups -OCH3 is 2. The molecule has 0 spiro atoms. The van der Waals surface area contributed by atoms with Crippen LogP contribution in [-0.2, 0) is 11.3 Å². The van der Waals surface area contributed by atoms with Gasteiger partial charge in [0.25, 0.3) is 11.8 Å². The van der Waals surface area contributed by atoms with Crippen LogP contribution in [0.15, 0.2) is 101 Å². The lowest BCUT2D eigenvalue weighted by molar-refractivity contribution is -0.130. The lowest BCUT2D eigenvalue weighted by atomic mass is 9.98. The molecule has 1 aliphatic heterocycles. The van der Waals surface area contributed by atoms with E-state index in [9.17, 15) is 14.0 Å². The minimum atomic E-state index is -0.416. The van der Waals surface area contributed by atoms with Crippen LogP contribution in [0, 0.1) is 5.82 Å². The fraction of sp³-hybridized carbons (Fsp3) is 0.182. The maximum Gasteiger partial charge on any atom is 0.261 e. The van der Waals surface area contributed by atoms with Gasteiger partial charge < -0.3 is 14.8 Å². The van der Waals surface area contributed by atoms with Gasteiger partial charge in [-0.05, 0) is 71.1 Å². The second-order valence-corrected chi connectivity index (χ2v) is 12.0. The number of thioether (sulfide) groups is 1. The van der Waals surface area contributed by atoms with E-state index in [-0.39, 0.29) is 29.9 Å². The fourth-order valence-electron chi connectivity index (χ4n) is 5.05. The minimum absolute atomic E-state index is 0.00801. The summed E-state index contributed by atoms with van der Waals surface area (Å²) in [4.78, 5) is 27.1. The Balaban J connectivity index is 1.27. The molecule has 5 aromatic rings. The Kier molecular flexibility index (Phi) is 9.41. The van der Waals surface area contributed by atoms with Crippen molar-refractivity contribution in [2.75, 3.05) is 20.0 Å². The van der Waals surface area contributed by atoms with E-state index < -0.39 is 6.04 Å². The van der Waals surface area contributed by atoms with Crippen molar-refractivity contribution in [1.29, 1.82) is 0 Å². The average Bonchev–Trinajstić information content (AvgIpc) is 3.87. The third-order valence-corrected chi connectivity index (χ3v) is 9.13. The van der Waals surface area contributed by atoms with E-state index in [1.807, 2.05) is 60.0 Å². The number of para-hydroxylation sites is 2. The first-order chi connectivity index (χ1) is 22.4. The van der Waals surface area contributed by atoms with Crippen LogP contribution < -0.4 is 14.8 Å². The van der Waals surface area contributed by atoms with Gasteiger partial charge in [-0.15, -0.1) is 21.5 Å². The van der Waals surface area contributed by atoms with Gasteiger partial charge in [-0.1, -0.05) is 42.1 Å². The van der Waals surface area contributed by atoms with E-state index in [0.717, 1.165) is 16.8 Å². The first-order valence-electron chi connectivity index (χ1n) is 14.3. The third kappa shape index (κ3) is 6.65. The topological polar surface area (TPSA) is 111 Å². The first-order valence-corrected chi connectivity index (χ1v) is 16.1. The molecular weight excluding hydrogens is 628 g/mol. The van der Waals surface area contributed by atoms with Gasteiger partial charge in [0.15, 0.2) is 11.0 Å². The molecular formula is C33H29FN6O4S2. The van der Waals surface area contributed by atoms with E-state index in [0.29, 0.717) is 39.5 Å². The molecule has 2 aromatic heterocycles. The summed E-state index contributed by atoms with van der Waals surface area (Å²) >= 11 is 2.54. The average molecular weight is 657 g/mol. The number of hydrogen-bond acceptors (Lipinski definition) is 9. The zero-order valence-electron chi connectivity index (χ0n) is 24.9.